The van der Waals surface area contributed by atoms with Gasteiger partial charge in [-0.15, -0.1) is 0 Å². The van der Waals surface area contributed by atoms with Crippen LogP contribution >= 0.6 is 9.64 Å². The van der Waals surface area contributed by atoms with E-state index in [9.17, 15) is 0 Å². The number of hydrogen-bond donors (Lipinski definition) is 0. The van der Waals surface area contributed by atoms with Gasteiger partial charge in [-0.1, -0.05) is 31.2 Å². The van der Waals surface area contributed by atoms with Gasteiger partial charge in [-0.25, -0.2) is 14.1 Å². The number of pyridine rings is 4. The second-order valence-corrected chi connectivity index (χ2v) is 9.54. The molecule has 6 aromatic heterocycles. The van der Waals surface area contributed by atoms with Gasteiger partial charge in [-0.2, -0.15) is 0 Å². The minimum Gasteiger partial charge on any atom is -0.255 e. The molecule has 11 heteroatoms. The summed E-state index contributed by atoms with van der Waals surface area (Å²) < 4.78 is 6.56. The molecule has 0 N–H and O–H groups in total. The molecule has 0 radical (unpaired) electrons. The minimum absolute atomic E-state index is 0. The molecule has 0 spiro atoms. The van der Waals surface area contributed by atoms with Crippen molar-refractivity contribution in [3.8, 4) is 22.8 Å². The molecule has 0 saturated carbocycles. The number of aryl methyl sites for hydroxylation is 1. The molecule has 0 aliphatic rings. The predicted molar refractivity (Wildman–Crippen MR) is 174 cm³/mol. The van der Waals surface area contributed by atoms with Crippen LogP contribution in [0.3, 0.4) is 0 Å². The van der Waals surface area contributed by atoms with E-state index in [1.807, 2.05) is 91.5 Å². The van der Waals surface area contributed by atoms with Crippen LogP contribution in [0.25, 0.3) is 22.8 Å². The van der Waals surface area contributed by atoms with Gasteiger partial charge in [0.05, 0.1) is 36.2 Å². The summed E-state index contributed by atoms with van der Waals surface area (Å²) in [6, 6.07) is 24.2. The maximum atomic E-state index is 4.67. The first-order valence-corrected chi connectivity index (χ1v) is 17.1. The number of nitrogens with zero attached hydrogens (tertiary/aromatic N) is 8. The topological polar surface area (TPSA) is 78.2 Å². The Balaban J connectivity index is 0.000000327. The van der Waals surface area contributed by atoms with E-state index in [2.05, 4.69) is 87.9 Å². The predicted octanol–water partition coefficient (Wildman–Crippen LogP) is 4.54. The van der Waals surface area contributed by atoms with Crippen LogP contribution in [0.1, 0.15) is 38.8 Å². The maximum absolute atomic E-state index is 4.67. The molecule has 0 saturated heterocycles. The van der Waals surface area contributed by atoms with Crippen LogP contribution in [0.15, 0.2) is 135 Å². The van der Waals surface area contributed by atoms with Gasteiger partial charge >= 0.3 is 27.2 Å². The summed E-state index contributed by atoms with van der Waals surface area (Å²) in [5.41, 5.74) is 3.66. The van der Waals surface area contributed by atoms with Gasteiger partial charge in [-0.05, 0) is 61.9 Å². The standard InChI is InChI=1S/C13H21N4.2C10H8N2.CH3.2ClH.Os/c1-4-13(17-8-7-15(3)11-17)9-12(2)16-6-5-14-10-16;2*1-3-7-11-9(5-1)10-6-2-4-8-12-10;;;;/h5-8,10-13H,4,9H2,1-3H3;2*1-8H;1H3;2*1H;/q+1;;;-1;;;+1/p-2. The molecular formula is C34H40Cl2N8Os-. The Morgan fingerprint density at radius 3 is 1.44 bits per heavy atom. The largest absolute Gasteiger partial charge is 0.255 e. The van der Waals surface area contributed by atoms with Gasteiger partial charge in [0.25, 0.3) is 0 Å². The van der Waals surface area contributed by atoms with Crippen LogP contribution in [0, 0.1) is 7.43 Å². The number of hydrogen-bond acceptors (Lipinski definition) is 5. The van der Waals surface area contributed by atoms with Crippen LogP contribution in [0.5, 0.6) is 0 Å². The van der Waals surface area contributed by atoms with Gasteiger partial charge in [-0.3, -0.25) is 19.9 Å². The average molecular weight is 822 g/mol. The molecule has 6 aromatic rings. The van der Waals surface area contributed by atoms with E-state index in [0.717, 1.165) is 35.6 Å². The van der Waals surface area contributed by atoms with E-state index in [-0.39, 0.29) is 19.8 Å². The van der Waals surface area contributed by atoms with Crippen molar-refractivity contribution >= 4 is 9.64 Å². The van der Waals surface area contributed by atoms with Crippen LogP contribution in [-0.4, -0.2) is 34.1 Å². The maximum Gasteiger partial charge on any atom is 0.0886 e. The summed E-state index contributed by atoms with van der Waals surface area (Å²) in [4.78, 5) is 20.9. The molecule has 0 aliphatic carbocycles. The van der Waals surface area contributed by atoms with Crippen LogP contribution in [0.2, 0.25) is 0 Å². The normalized spacial score (nSPS) is 10.9. The van der Waals surface area contributed by atoms with Crippen molar-refractivity contribution in [3.63, 3.8) is 0 Å². The Bertz CT molecular complexity index is 1370. The third-order valence-corrected chi connectivity index (χ3v) is 6.51. The number of imidazole rings is 2. The van der Waals surface area contributed by atoms with Gasteiger partial charge in [0.15, 0.2) is 0 Å². The van der Waals surface area contributed by atoms with Crippen molar-refractivity contribution in [2.24, 2.45) is 7.05 Å². The number of rotatable bonds is 7. The Hall–Kier alpha value is -3.76. The van der Waals surface area contributed by atoms with Crippen molar-refractivity contribution in [3.05, 3.63) is 142 Å². The molecular weight excluding hydrogens is 782 g/mol. The first-order valence-electron chi connectivity index (χ1n) is 13.9. The Morgan fingerprint density at radius 1 is 0.711 bits per heavy atom. The van der Waals surface area contributed by atoms with Crippen molar-refractivity contribution in [2.75, 3.05) is 0 Å². The summed E-state index contributed by atoms with van der Waals surface area (Å²) in [6.07, 6.45) is 21.5. The molecule has 45 heavy (non-hydrogen) atoms. The third-order valence-electron chi connectivity index (χ3n) is 6.51. The Kier molecular flexibility index (Phi) is 19.8. The van der Waals surface area contributed by atoms with Crippen molar-refractivity contribution in [1.29, 1.82) is 0 Å². The average Bonchev–Trinajstić information content (AvgIpc) is 3.80. The van der Waals surface area contributed by atoms with E-state index in [1.54, 1.807) is 24.8 Å². The second-order valence-electron chi connectivity index (χ2n) is 9.54. The van der Waals surface area contributed by atoms with Crippen LogP contribution < -0.4 is 17.0 Å². The minimum atomic E-state index is 0. The first kappa shape index (κ1) is 39.3. The second kappa shape index (κ2) is 22.7. The zero-order valence-corrected chi connectivity index (χ0v) is 30.0. The van der Waals surface area contributed by atoms with Crippen molar-refractivity contribution < 1.29 is 34.6 Å². The quantitative estimate of drug-likeness (QED) is 0.175. The van der Waals surface area contributed by atoms with Gasteiger partial charge < -0.3 is 24.4 Å². The van der Waals surface area contributed by atoms with E-state index in [4.69, 9.17) is 0 Å². The summed E-state index contributed by atoms with van der Waals surface area (Å²) in [5.74, 6) is 0. The zero-order valence-electron chi connectivity index (χ0n) is 26.0. The molecule has 0 aromatic carbocycles. The molecule has 0 fully saturated rings. The smallest absolute Gasteiger partial charge is 0.0886 e. The molecule has 2 atom stereocenters. The fourth-order valence-corrected chi connectivity index (χ4v) is 4.29. The monoisotopic (exact) mass is 822 g/mol. The summed E-state index contributed by atoms with van der Waals surface area (Å²) in [6.45, 7) is 4.49. The first-order chi connectivity index (χ1) is 21.1. The molecule has 6 rings (SSSR count). The third kappa shape index (κ3) is 13.4. The van der Waals surface area contributed by atoms with Crippen LogP contribution in [-0.2, 0) is 24.6 Å². The fourth-order valence-electron chi connectivity index (χ4n) is 4.29. The van der Waals surface area contributed by atoms with E-state index >= 15 is 0 Å². The zero-order chi connectivity index (χ0) is 30.7. The molecule has 0 amide bonds. The SMILES string of the molecule is CCC(CC(C)n1ccnc1)n1cc[n+](C)c1.[CH3-].[Cl-].[Cl][Os].c1ccc(-c2ccccn2)nc1.c1ccc(-c2ccccn2)nc1. The van der Waals surface area contributed by atoms with Crippen molar-refractivity contribution in [2.45, 2.75) is 38.8 Å². The fraction of sp³-hybridized carbons (Fsp3) is 0.206. The van der Waals surface area contributed by atoms with E-state index < -0.39 is 0 Å². The molecule has 8 nitrogen and oxygen atoms in total. The van der Waals surface area contributed by atoms with E-state index in [0.29, 0.717) is 12.1 Å². The molecule has 0 bridgehead atoms. The van der Waals surface area contributed by atoms with Gasteiger partial charge in [0.1, 0.15) is 18.4 Å². The van der Waals surface area contributed by atoms with Crippen LogP contribution in [0.4, 0.5) is 0 Å². The van der Waals surface area contributed by atoms with Crippen molar-refractivity contribution in [1.82, 2.24) is 34.1 Å². The summed E-state index contributed by atoms with van der Waals surface area (Å²) in [5, 5.41) is 0. The summed E-state index contributed by atoms with van der Waals surface area (Å²) >= 11 is 1.33. The molecule has 6 heterocycles. The van der Waals surface area contributed by atoms with Gasteiger partial charge in [0, 0.05) is 49.6 Å². The molecule has 0 aliphatic heterocycles. The van der Waals surface area contributed by atoms with E-state index in [1.165, 1.54) is 17.6 Å². The number of aromatic nitrogens is 8. The summed E-state index contributed by atoms with van der Waals surface area (Å²) in [7, 11) is 6.72. The number of halogens is 2. The Labute approximate surface area is 288 Å². The molecule has 239 valence electrons. The van der Waals surface area contributed by atoms with Gasteiger partial charge in [0.2, 0.25) is 6.33 Å². The molecule has 2 unspecified atom stereocenters. The Morgan fingerprint density at radius 2 is 1.16 bits per heavy atom.